The molecule has 3 heterocycles. The standard InChI is InChI=1S/C21H27N5O2/c1-17-3-2-4-18(13-17)16-22-24-20-14-19(25-5-9-27-10-6-25)15-21(23-20)26-7-11-28-12-8-26/h2-4,13-16H,5-12H2,1H3,(H,23,24)/b22-16+. The first kappa shape index (κ1) is 18.7. The number of benzene rings is 1. The molecule has 1 aromatic heterocycles. The Labute approximate surface area is 166 Å². The maximum Gasteiger partial charge on any atom is 0.150 e. The molecule has 0 saturated carbocycles. The van der Waals surface area contributed by atoms with Crippen LogP contribution < -0.4 is 15.2 Å². The lowest BCUT2D eigenvalue weighted by Crippen LogP contribution is -2.38. The minimum atomic E-state index is 0.734. The fraction of sp³-hybridized carbons (Fsp3) is 0.429. The van der Waals surface area contributed by atoms with Crippen LogP contribution in [0.15, 0.2) is 41.5 Å². The summed E-state index contributed by atoms with van der Waals surface area (Å²) in [5.74, 6) is 1.70. The Hall–Kier alpha value is -2.64. The second-order valence-electron chi connectivity index (χ2n) is 7.05. The number of nitrogens with one attached hydrogen (secondary N) is 1. The van der Waals surface area contributed by atoms with Crippen LogP contribution in [0.4, 0.5) is 17.3 Å². The molecule has 148 valence electrons. The van der Waals surface area contributed by atoms with Crippen molar-refractivity contribution in [2.45, 2.75) is 6.92 Å². The lowest BCUT2D eigenvalue weighted by Gasteiger charge is -2.32. The molecule has 0 spiro atoms. The summed E-state index contributed by atoms with van der Waals surface area (Å²) in [7, 11) is 0. The molecule has 2 aliphatic rings. The zero-order valence-electron chi connectivity index (χ0n) is 16.3. The van der Waals surface area contributed by atoms with Gasteiger partial charge in [0.1, 0.15) is 5.82 Å². The van der Waals surface area contributed by atoms with E-state index in [1.54, 1.807) is 0 Å². The largest absolute Gasteiger partial charge is 0.378 e. The van der Waals surface area contributed by atoms with Gasteiger partial charge in [0.25, 0.3) is 0 Å². The third-order valence-corrected chi connectivity index (χ3v) is 4.94. The van der Waals surface area contributed by atoms with Crippen LogP contribution >= 0.6 is 0 Å². The number of anilines is 3. The van der Waals surface area contributed by atoms with E-state index < -0.39 is 0 Å². The summed E-state index contributed by atoms with van der Waals surface area (Å²) in [6, 6.07) is 12.5. The van der Waals surface area contributed by atoms with Gasteiger partial charge < -0.3 is 19.3 Å². The maximum atomic E-state index is 5.50. The molecule has 1 aromatic carbocycles. The van der Waals surface area contributed by atoms with Gasteiger partial charge in [0, 0.05) is 44.0 Å². The first-order valence-electron chi connectivity index (χ1n) is 9.81. The average Bonchev–Trinajstić information content (AvgIpc) is 2.75. The van der Waals surface area contributed by atoms with Crippen LogP contribution in [-0.2, 0) is 9.47 Å². The van der Waals surface area contributed by atoms with Gasteiger partial charge in [0.2, 0.25) is 0 Å². The van der Waals surface area contributed by atoms with Crippen LogP contribution in [0.25, 0.3) is 0 Å². The number of hydrogen-bond acceptors (Lipinski definition) is 7. The number of nitrogens with zero attached hydrogens (tertiary/aromatic N) is 4. The molecule has 0 bridgehead atoms. The highest BCUT2D eigenvalue weighted by molar-refractivity contribution is 5.80. The molecular weight excluding hydrogens is 354 g/mol. The molecular formula is C21H27N5O2. The fourth-order valence-electron chi connectivity index (χ4n) is 3.44. The summed E-state index contributed by atoms with van der Waals surface area (Å²) in [6.45, 7) is 8.53. The minimum Gasteiger partial charge on any atom is -0.378 e. The van der Waals surface area contributed by atoms with E-state index in [2.05, 4.69) is 51.5 Å². The molecule has 2 aromatic rings. The van der Waals surface area contributed by atoms with Gasteiger partial charge >= 0.3 is 0 Å². The Morgan fingerprint density at radius 3 is 2.39 bits per heavy atom. The lowest BCUT2D eigenvalue weighted by atomic mass is 10.2. The molecule has 2 aliphatic heterocycles. The Bertz CT molecular complexity index is 778. The third kappa shape index (κ3) is 4.79. The van der Waals surface area contributed by atoms with Crippen LogP contribution in [0, 0.1) is 6.92 Å². The molecule has 0 unspecified atom stereocenters. The molecule has 7 heteroatoms. The van der Waals surface area contributed by atoms with Crippen LogP contribution in [-0.4, -0.2) is 63.8 Å². The highest BCUT2D eigenvalue weighted by Gasteiger charge is 2.18. The summed E-state index contributed by atoms with van der Waals surface area (Å²) in [4.78, 5) is 9.39. The van der Waals surface area contributed by atoms with Crippen molar-refractivity contribution >= 4 is 23.5 Å². The number of aryl methyl sites for hydroxylation is 1. The molecule has 4 rings (SSSR count). The monoisotopic (exact) mass is 381 g/mol. The van der Waals surface area contributed by atoms with Gasteiger partial charge in [-0.15, -0.1) is 0 Å². The Morgan fingerprint density at radius 1 is 0.964 bits per heavy atom. The van der Waals surface area contributed by atoms with E-state index in [0.29, 0.717) is 0 Å². The SMILES string of the molecule is Cc1cccc(/C=N/Nc2cc(N3CCOCC3)cc(N3CCOCC3)n2)c1. The van der Waals surface area contributed by atoms with Gasteiger partial charge in [-0.3, -0.25) is 5.43 Å². The first-order valence-corrected chi connectivity index (χ1v) is 9.81. The Morgan fingerprint density at radius 2 is 1.68 bits per heavy atom. The average molecular weight is 381 g/mol. The molecule has 28 heavy (non-hydrogen) atoms. The zero-order valence-corrected chi connectivity index (χ0v) is 16.3. The van der Waals surface area contributed by atoms with E-state index in [1.807, 2.05) is 18.3 Å². The second-order valence-corrected chi connectivity index (χ2v) is 7.05. The normalized spacial score (nSPS) is 17.9. The van der Waals surface area contributed by atoms with Crippen molar-refractivity contribution in [1.29, 1.82) is 0 Å². The third-order valence-electron chi connectivity index (χ3n) is 4.94. The fourth-order valence-corrected chi connectivity index (χ4v) is 3.44. The highest BCUT2D eigenvalue weighted by Crippen LogP contribution is 2.26. The van der Waals surface area contributed by atoms with Crippen molar-refractivity contribution in [2.75, 3.05) is 67.8 Å². The van der Waals surface area contributed by atoms with Gasteiger partial charge in [0.15, 0.2) is 5.82 Å². The molecule has 2 fully saturated rings. The molecule has 0 aliphatic carbocycles. The molecule has 0 amide bonds. The van der Waals surface area contributed by atoms with E-state index in [1.165, 1.54) is 5.56 Å². The quantitative estimate of drug-likeness (QED) is 0.634. The Kier molecular flexibility index (Phi) is 6.04. The predicted molar refractivity (Wildman–Crippen MR) is 113 cm³/mol. The van der Waals surface area contributed by atoms with Crippen molar-refractivity contribution in [1.82, 2.24) is 4.98 Å². The van der Waals surface area contributed by atoms with Crippen molar-refractivity contribution in [3.8, 4) is 0 Å². The van der Waals surface area contributed by atoms with Crippen molar-refractivity contribution < 1.29 is 9.47 Å². The van der Waals surface area contributed by atoms with E-state index in [4.69, 9.17) is 14.5 Å². The van der Waals surface area contributed by atoms with Crippen molar-refractivity contribution in [2.24, 2.45) is 5.10 Å². The van der Waals surface area contributed by atoms with Gasteiger partial charge in [-0.25, -0.2) is 4.98 Å². The summed E-state index contributed by atoms with van der Waals surface area (Å²) < 4.78 is 11.0. The second kappa shape index (κ2) is 9.03. The number of hydrogen-bond donors (Lipinski definition) is 1. The number of ether oxygens (including phenoxy) is 2. The minimum absolute atomic E-state index is 0.734. The summed E-state index contributed by atoms with van der Waals surface area (Å²) in [5, 5.41) is 4.40. The van der Waals surface area contributed by atoms with Crippen molar-refractivity contribution in [3.63, 3.8) is 0 Å². The number of hydrazone groups is 1. The number of rotatable bonds is 5. The first-order chi connectivity index (χ1) is 13.8. The number of pyridine rings is 1. The van der Waals surface area contributed by atoms with Gasteiger partial charge in [-0.2, -0.15) is 5.10 Å². The topological polar surface area (TPSA) is 62.2 Å². The van der Waals surface area contributed by atoms with E-state index in [9.17, 15) is 0 Å². The number of aromatic nitrogens is 1. The van der Waals surface area contributed by atoms with Gasteiger partial charge in [-0.1, -0.05) is 29.8 Å². The number of morpholine rings is 2. The summed E-state index contributed by atoms with van der Waals surface area (Å²) >= 11 is 0. The Balaban J connectivity index is 1.55. The van der Waals surface area contributed by atoms with Gasteiger partial charge in [0.05, 0.1) is 32.6 Å². The summed E-state index contributed by atoms with van der Waals surface area (Å²) in [6.07, 6.45) is 1.82. The molecule has 2 saturated heterocycles. The van der Waals surface area contributed by atoms with E-state index in [-0.39, 0.29) is 0 Å². The van der Waals surface area contributed by atoms with Crippen LogP contribution in [0.1, 0.15) is 11.1 Å². The van der Waals surface area contributed by atoms with Crippen LogP contribution in [0.2, 0.25) is 0 Å². The molecule has 0 atom stereocenters. The van der Waals surface area contributed by atoms with E-state index in [0.717, 1.165) is 75.5 Å². The van der Waals surface area contributed by atoms with Crippen LogP contribution in [0.5, 0.6) is 0 Å². The molecule has 0 radical (unpaired) electrons. The highest BCUT2D eigenvalue weighted by atomic mass is 16.5. The van der Waals surface area contributed by atoms with Gasteiger partial charge in [-0.05, 0) is 12.5 Å². The van der Waals surface area contributed by atoms with Crippen LogP contribution in [0.3, 0.4) is 0 Å². The molecule has 1 N–H and O–H groups in total. The smallest absolute Gasteiger partial charge is 0.150 e. The zero-order chi connectivity index (χ0) is 19.2. The van der Waals surface area contributed by atoms with Crippen molar-refractivity contribution in [3.05, 3.63) is 47.5 Å². The molecule has 7 nitrogen and oxygen atoms in total. The van der Waals surface area contributed by atoms with E-state index >= 15 is 0 Å². The lowest BCUT2D eigenvalue weighted by molar-refractivity contribution is 0.122. The maximum absolute atomic E-state index is 5.50. The predicted octanol–water partition coefficient (Wildman–Crippen LogP) is 2.51. The summed E-state index contributed by atoms with van der Waals surface area (Å²) in [5.41, 5.74) is 6.53.